The maximum atomic E-state index is 13.7. The summed E-state index contributed by atoms with van der Waals surface area (Å²) in [6, 6.07) is 0.417. The number of rotatable bonds is 16. The van der Waals surface area contributed by atoms with Gasteiger partial charge in [0.05, 0.1) is 18.5 Å². The molecule has 1 aromatic carbocycles. The molecule has 1 aromatic heterocycles. The van der Waals surface area contributed by atoms with Crippen LogP contribution in [-0.4, -0.2) is 122 Å². The molecule has 18 heteroatoms. The summed E-state index contributed by atoms with van der Waals surface area (Å²) in [6.07, 6.45) is 4.62. The fraction of sp³-hybridized carbons (Fsp3) is 0.500. The molecule has 1 saturated heterocycles. The number of hydrogen-bond acceptors (Lipinski definition) is 12. The molecule has 0 spiro atoms. The Labute approximate surface area is 275 Å². The highest BCUT2D eigenvalue weighted by Crippen LogP contribution is 2.21. The van der Waals surface area contributed by atoms with Gasteiger partial charge in [-0.3, -0.25) is 29.2 Å². The first kappa shape index (κ1) is 35.8. The van der Waals surface area contributed by atoms with Crippen LogP contribution in [0.3, 0.4) is 0 Å². The van der Waals surface area contributed by atoms with E-state index in [2.05, 4.69) is 36.2 Å². The maximum Gasteiger partial charge on any atom is 0.268 e. The van der Waals surface area contributed by atoms with Crippen LogP contribution in [0.15, 0.2) is 41.8 Å². The van der Waals surface area contributed by atoms with Gasteiger partial charge in [0.15, 0.2) is 6.04 Å². The molecule has 5 amide bonds. The zero-order chi connectivity index (χ0) is 34.6. The number of ether oxygens (including phenoxy) is 1. The maximum absolute atomic E-state index is 13.7. The van der Waals surface area contributed by atoms with E-state index in [0.717, 1.165) is 0 Å². The molecule has 4 rings (SSSR count). The molecule has 2 aliphatic rings. The van der Waals surface area contributed by atoms with E-state index in [1.165, 1.54) is 18.6 Å². The third kappa shape index (κ3) is 9.49. The number of H-pyrrole nitrogens is 1. The van der Waals surface area contributed by atoms with E-state index in [0.29, 0.717) is 42.1 Å². The normalized spacial score (nSPS) is 19.4. The second kappa shape index (κ2) is 17.2. The molecule has 0 radical (unpaired) electrons. The van der Waals surface area contributed by atoms with E-state index in [1.807, 2.05) is 0 Å². The summed E-state index contributed by atoms with van der Waals surface area (Å²) in [5.74, 6) is -3.72. The average molecular weight is 672 g/mol. The number of phenols is 1. The van der Waals surface area contributed by atoms with Gasteiger partial charge < -0.3 is 46.9 Å². The van der Waals surface area contributed by atoms with Gasteiger partial charge in [-0.05, 0) is 50.8 Å². The number of aromatic nitrogens is 2. The molecular weight excluding hydrogens is 630 g/mol. The summed E-state index contributed by atoms with van der Waals surface area (Å²) < 4.78 is 5.54. The molecule has 10 N–H and O–H groups in total. The summed E-state index contributed by atoms with van der Waals surface area (Å²) in [7, 11) is 0. The zero-order valence-corrected chi connectivity index (χ0v) is 26.1. The van der Waals surface area contributed by atoms with Crippen LogP contribution >= 0.6 is 0 Å². The molecule has 5 atom stereocenters. The number of nitrogens with zero attached hydrogens (tertiary/aromatic N) is 3. The number of nitrogens with two attached hydrogens (primary N) is 1. The number of hydrogen-bond donors (Lipinski definition) is 9. The predicted octanol–water partition coefficient (Wildman–Crippen LogP) is -2.42. The lowest BCUT2D eigenvalue weighted by Crippen LogP contribution is -2.60. The highest BCUT2D eigenvalue weighted by molar-refractivity contribution is 6.01. The number of piperidine rings is 1. The van der Waals surface area contributed by atoms with Crippen molar-refractivity contribution in [3.8, 4) is 5.75 Å². The van der Waals surface area contributed by atoms with Gasteiger partial charge in [0.1, 0.15) is 36.5 Å². The van der Waals surface area contributed by atoms with Crippen LogP contribution in [0.2, 0.25) is 0 Å². The second-order valence-corrected chi connectivity index (χ2v) is 11.4. The number of aliphatic hydroxyl groups excluding tert-OH is 1. The third-order valence-corrected chi connectivity index (χ3v) is 7.83. The molecule has 3 heterocycles. The summed E-state index contributed by atoms with van der Waals surface area (Å²) in [5, 5.41) is 40.4. The van der Waals surface area contributed by atoms with E-state index >= 15 is 0 Å². The fourth-order valence-corrected chi connectivity index (χ4v) is 5.17. The molecule has 0 saturated carbocycles. The number of benzene rings is 1. The number of aliphatic imine (C=N–C) groups is 1. The van der Waals surface area contributed by atoms with Gasteiger partial charge in [-0.15, -0.1) is 0 Å². The Bertz CT molecular complexity index is 1470. The van der Waals surface area contributed by atoms with Crippen LogP contribution in [0.25, 0.3) is 0 Å². The van der Waals surface area contributed by atoms with Crippen molar-refractivity contribution in [2.24, 2.45) is 10.7 Å². The highest BCUT2D eigenvalue weighted by atomic mass is 16.5. The first-order valence-corrected chi connectivity index (χ1v) is 15.6. The number of nitrogens with one attached hydrogen (secondary N) is 5. The molecule has 0 aliphatic carbocycles. The van der Waals surface area contributed by atoms with Crippen molar-refractivity contribution in [2.75, 3.05) is 26.3 Å². The fourth-order valence-electron chi connectivity index (χ4n) is 5.17. The summed E-state index contributed by atoms with van der Waals surface area (Å²) in [4.78, 5) is 76.5. The quantitative estimate of drug-likeness (QED) is 0.0669. The zero-order valence-electron chi connectivity index (χ0n) is 26.1. The number of para-hydroxylation sites is 1. The molecule has 18 nitrogen and oxygen atoms in total. The number of aromatic amines is 1. The van der Waals surface area contributed by atoms with Crippen LogP contribution in [0.5, 0.6) is 5.75 Å². The van der Waals surface area contributed by atoms with Crippen LogP contribution in [0, 0.1) is 0 Å². The SMILES string of the molecule is NCCCCC(NC(=O)C(Cc1cnc[nH]1)NC(=O)C1COC(c2ccccc2O)=N1)C(=O)NC(CO)C(=O)NC1CCCN(O)C1=O. The van der Waals surface area contributed by atoms with Crippen LogP contribution in [-0.2, 0) is 35.1 Å². The first-order chi connectivity index (χ1) is 23.1. The van der Waals surface area contributed by atoms with E-state index in [1.54, 1.807) is 18.2 Å². The largest absolute Gasteiger partial charge is 0.507 e. The predicted molar refractivity (Wildman–Crippen MR) is 167 cm³/mol. The summed E-state index contributed by atoms with van der Waals surface area (Å²) >= 11 is 0. The van der Waals surface area contributed by atoms with E-state index < -0.39 is 66.4 Å². The van der Waals surface area contributed by atoms with Crippen molar-refractivity contribution in [3.05, 3.63) is 48.0 Å². The number of carbonyl (C=O) groups excluding carboxylic acids is 5. The van der Waals surface area contributed by atoms with Crippen molar-refractivity contribution < 1.29 is 44.1 Å². The standard InChI is InChI=1S/C30H41N9O9/c31-10-4-3-7-19(25(42)37-22(14-40)27(44)35-20-8-5-11-39(47)30(20)46)34-26(43)21(12-17-13-32-16-33-17)36-28(45)23-15-48-29(38-23)18-6-1-2-9-24(18)41/h1-2,6,9,13,16,19-23,40-41,47H,3-5,7-8,10-12,14-15,31H2,(H,32,33)(H,34,43)(H,35,44)(H,36,45)(H,37,42). The summed E-state index contributed by atoms with van der Waals surface area (Å²) in [5.41, 5.74) is 6.44. The second-order valence-electron chi connectivity index (χ2n) is 11.4. The van der Waals surface area contributed by atoms with E-state index in [-0.39, 0.29) is 44.1 Å². The summed E-state index contributed by atoms with van der Waals surface area (Å²) in [6.45, 7) is -0.494. The van der Waals surface area contributed by atoms with Gasteiger partial charge in [0.25, 0.3) is 5.91 Å². The Morgan fingerprint density at radius 1 is 1.06 bits per heavy atom. The van der Waals surface area contributed by atoms with Gasteiger partial charge in [0.2, 0.25) is 29.5 Å². The number of aliphatic hydroxyl groups is 1. The Kier molecular flexibility index (Phi) is 12.8. The van der Waals surface area contributed by atoms with Crippen molar-refractivity contribution in [2.45, 2.75) is 68.7 Å². The lowest BCUT2D eigenvalue weighted by atomic mass is 10.0. The lowest BCUT2D eigenvalue weighted by molar-refractivity contribution is -0.173. The molecule has 260 valence electrons. The molecule has 0 bridgehead atoms. The Morgan fingerprint density at radius 2 is 1.81 bits per heavy atom. The van der Waals surface area contributed by atoms with E-state index in [4.69, 9.17) is 10.5 Å². The number of aromatic hydroxyl groups is 1. The van der Waals surface area contributed by atoms with Crippen LogP contribution < -0.4 is 27.0 Å². The van der Waals surface area contributed by atoms with E-state index in [9.17, 15) is 39.4 Å². The lowest BCUT2D eigenvalue weighted by Gasteiger charge is -2.29. The van der Waals surface area contributed by atoms with Gasteiger partial charge in [-0.1, -0.05) is 12.1 Å². The minimum Gasteiger partial charge on any atom is -0.507 e. The molecular formula is C30H41N9O9. The Balaban J connectivity index is 1.45. The number of carbonyl (C=O) groups is 5. The van der Waals surface area contributed by atoms with Gasteiger partial charge in [-0.2, -0.15) is 0 Å². The number of imidazole rings is 1. The van der Waals surface area contributed by atoms with Crippen LogP contribution in [0.4, 0.5) is 0 Å². The number of amides is 5. The monoisotopic (exact) mass is 671 g/mol. The molecule has 5 unspecified atom stereocenters. The van der Waals surface area contributed by atoms with Gasteiger partial charge in [0, 0.05) is 24.9 Å². The topological polar surface area (TPSA) is 274 Å². The smallest absolute Gasteiger partial charge is 0.268 e. The number of unbranched alkanes of at least 4 members (excludes halogenated alkanes) is 1. The van der Waals surface area contributed by atoms with Crippen LogP contribution in [0.1, 0.15) is 43.4 Å². The Morgan fingerprint density at radius 3 is 2.52 bits per heavy atom. The average Bonchev–Trinajstić information content (AvgIpc) is 3.78. The molecule has 2 aliphatic heterocycles. The minimum absolute atomic E-state index is 0.0305. The number of hydroxylamine groups is 2. The molecule has 2 aromatic rings. The minimum atomic E-state index is -1.47. The van der Waals surface area contributed by atoms with Crippen molar-refractivity contribution >= 4 is 35.4 Å². The number of phenolic OH excluding ortho intramolecular Hbond substituents is 1. The van der Waals surface area contributed by atoms with Crippen molar-refractivity contribution in [3.63, 3.8) is 0 Å². The Hall–Kier alpha value is -5.07. The third-order valence-electron chi connectivity index (χ3n) is 7.83. The van der Waals surface area contributed by atoms with Gasteiger partial charge >= 0.3 is 0 Å². The van der Waals surface area contributed by atoms with Crippen molar-refractivity contribution in [1.29, 1.82) is 0 Å². The van der Waals surface area contributed by atoms with Gasteiger partial charge in [-0.25, -0.2) is 15.0 Å². The molecule has 1 fully saturated rings. The highest BCUT2D eigenvalue weighted by Gasteiger charge is 2.35. The van der Waals surface area contributed by atoms with Crippen molar-refractivity contribution in [1.82, 2.24) is 36.3 Å². The molecule has 48 heavy (non-hydrogen) atoms. The first-order valence-electron chi connectivity index (χ1n) is 15.6.